The second-order valence-corrected chi connectivity index (χ2v) is 8.66. The molecule has 1 atom stereocenters. The Labute approximate surface area is 144 Å². The Balaban J connectivity index is 2.03. The number of hydrogen-bond acceptors (Lipinski definition) is 4. The van der Waals surface area contributed by atoms with Crippen LogP contribution in [0.15, 0.2) is 59.5 Å². The van der Waals surface area contributed by atoms with E-state index in [2.05, 4.69) is 0 Å². The number of benzene rings is 2. The molecule has 0 saturated carbocycles. The molecule has 0 aromatic heterocycles. The SMILES string of the molecule is O=S(=O)(c1ccc(Cl)cc1)N1C(=S)SCC1c1ccccc1. The van der Waals surface area contributed by atoms with Gasteiger partial charge in [-0.05, 0) is 29.8 Å². The first-order valence-corrected chi connectivity index (χ1v) is 9.73. The number of hydrogen-bond donors (Lipinski definition) is 0. The molecule has 1 saturated heterocycles. The van der Waals surface area contributed by atoms with Gasteiger partial charge in [-0.25, -0.2) is 12.7 Å². The Hall–Kier alpha value is -1.08. The standard InChI is InChI=1S/C15H12ClNO2S3/c16-12-6-8-13(9-7-12)22(18,19)17-14(10-21-15(17)20)11-4-2-1-3-5-11/h1-9,14H,10H2. The molecule has 1 unspecified atom stereocenters. The molecule has 1 heterocycles. The number of thioether (sulfide) groups is 1. The molecule has 114 valence electrons. The van der Waals surface area contributed by atoms with Crippen LogP contribution in [0.2, 0.25) is 5.02 Å². The summed E-state index contributed by atoms with van der Waals surface area (Å²) in [5.74, 6) is 0.621. The van der Waals surface area contributed by atoms with Crippen molar-refractivity contribution in [2.45, 2.75) is 10.9 Å². The van der Waals surface area contributed by atoms with Crippen LogP contribution in [0.4, 0.5) is 0 Å². The first kappa shape index (κ1) is 15.8. The molecule has 3 nitrogen and oxygen atoms in total. The minimum atomic E-state index is -3.69. The van der Waals surface area contributed by atoms with Crippen molar-refractivity contribution in [1.82, 2.24) is 4.31 Å². The summed E-state index contributed by atoms with van der Waals surface area (Å²) < 4.78 is 27.6. The molecule has 0 spiro atoms. The molecule has 3 rings (SSSR count). The maximum absolute atomic E-state index is 12.9. The quantitative estimate of drug-likeness (QED) is 0.763. The summed E-state index contributed by atoms with van der Waals surface area (Å²) in [6.45, 7) is 0. The number of rotatable bonds is 3. The number of thiocarbonyl (C=S) groups is 1. The van der Waals surface area contributed by atoms with Gasteiger partial charge in [-0.1, -0.05) is 65.9 Å². The lowest BCUT2D eigenvalue weighted by molar-refractivity contribution is 0.481. The minimum Gasteiger partial charge on any atom is -0.242 e. The predicted octanol–water partition coefficient (Wildman–Crippen LogP) is 4.10. The Morgan fingerprint density at radius 1 is 1.09 bits per heavy atom. The van der Waals surface area contributed by atoms with Gasteiger partial charge in [0.25, 0.3) is 10.0 Å². The van der Waals surface area contributed by atoms with E-state index < -0.39 is 10.0 Å². The number of halogens is 1. The van der Waals surface area contributed by atoms with E-state index in [0.29, 0.717) is 15.1 Å². The zero-order valence-corrected chi connectivity index (χ0v) is 14.6. The highest BCUT2D eigenvalue weighted by atomic mass is 35.5. The fourth-order valence-corrected chi connectivity index (χ4v) is 5.93. The van der Waals surface area contributed by atoms with Crippen LogP contribution in [-0.4, -0.2) is 22.8 Å². The van der Waals surface area contributed by atoms with Crippen molar-refractivity contribution in [2.24, 2.45) is 0 Å². The van der Waals surface area contributed by atoms with E-state index in [1.54, 1.807) is 12.1 Å². The van der Waals surface area contributed by atoms with E-state index in [9.17, 15) is 8.42 Å². The van der Waals surface area contributed by atoms with Gasteiger partial charge in [-0.15, -0.1) is 0 Å². The van der Waals surface area contributed by atoms with Crippen molar-refractivity contribution in [3.05, 3.63) is 65.2 Å². The highest BCUT2D eigenvalue weighted by Gasteiger charge is 2.39. The fourth-order valence-electron chi connectivity index (χ4n) is 2.30. The van der Waals surface area contributed by atoms with E-state index in [-0.39, 0.29) is 10.9 Å². The lowest BCUT2D eigenvalue weighted by Crippen LogP contribution is -2.33. The van der Waals surface area contributed by atoms with Crippen LogP contribution >= 0.6 is 35.6 Å². The fraction of sp³-hybridized carbons (Fsp3) is 0.133. The van der Waals surface area contributed by atoms with E-state index in [0.717, 1.165) is 5.56 Å². The smallest absolute Gasteiger partial charge is 0.242 e. The van der Waals surface area contributed by atoms with Crippen LogP contribution in [0.1, 0.15) is 11.6 Å². The third-order valence-corrected chi connectivity index (χ3v) is 7.16. The first-order valence-electron chi connectivity index (χ1n) is 6.52. The normalized spacial score (nSPS) is 18.7. The van der Waals surface area contributed by atoms with E-state index in [4.69, 9.17) is 23.8 Å². The van der Waals surface area contributed by atoms with E-state index in [1.165, 1.54) is 28.2 Å². The Morgan fingerprint density at radius 3 is 2.36 bits per heavy atom. The number of sulfonamides is 1. The summed E-state index contributed by atoms with van der Waals surface area (Å²) >= 11 is 12.5. The van der Waals surface area contributed by atoms with Crippen LogP contribution in [0.25, 0.3) is 0 Å². The molecule has 1 aliphatic heterocycles. The molecule has 1 fully saturated rings. The van der Waals surface area contributed by atoms with Crippen molar-refractivity contribution in [3.8, 4) is 0 Å². The third kappa shape index (κ3) is 2.88. The van der Waals surface area contributed by atoms with Crippen LogP contribution in [0.3, 0.4) is 0 Å². The summed E-state index contributed by atoms with van der Waals surface area (Å²) in [5, 5.41) is 0.497. The zero-order valence-electron chi connectivity index (χ0n) is 11.3. The lowest BCUT2D eigenvalue weighted by Gasteiger charge is -2.25. The molecule has 1 aliphatic rings. The Bertz CT molecular complexity index is 791. The van der Waals surface area contributed by atoms with Gasteiger partial charge < -0.3 is 0 Å². The first-order chi connectivity index (χ1) is 10.5. The van der Waals surface area contributed by atoms with Gasteiger partial charge in [0.1, 0.15) is 0 Å². The van der Waals surface area contributed by atoms with Gasteiger partial charge in [0, 0.05) is 10.8 Å². The molecule has 0 radical (unpaired) electrons. The summed E-state index contributed by atoms with van der Waals surface area (Å²) in [7, 11) is -3.69. The zero-order chi connectivity index (χ0) is 15.7. The molecule has 0 bridgehead atoms. The molecule has 0 aliphatic carbocycles. The summed E-state index contributed by atoms with van der Waals surface area (Å²) in [6, 6.07) is 15.4. The van der Waals surface area contributed by atoms with Crippen LogP contribution in [0.5, 0.6) is 0 Å². The van der Waals surface area contributed by atoms with Crippen molar-refractivity contribution < 1.29 is 8.42 Å². The van der Waals surface area contributed by atoms with Crippen molar-refractivity contribution >= 4 is 49.9 Å². The van der Waals surface area contributed by atoms with Crippen LogP contribution < -0.4 is 0 Å². The van der Waals surface area contributed by atoms with Gasteiger partial charge >= 0.3 is 0 Å². The van der Waals surface area contributed by atoms with E-state index in [1.807, 2.05) is 30.3 Å². The van der Waals surface area contributed by atoms with Gasteiger partial charge in [0.2, 0.25) is 0 Å². The highest BCUT2D eigenvalue weighted by Crippen LogP contribution is 2.39. The van der Waals surface area contributed by atoms with Gasteiger partial charge in [0.15, 0.2) is 4.32 Å². The summed E-state index contributed by atoms with van der Waals surface area (Å²) in [5.41, 5.74) is 0.937. The molecule has 2 aromatic rings. The monoisotopic (exact) mass is 369 g/mol. The maximum Gasteiger partial charge on any atom is 0.265 e. The average Bonchev–Trinajstić information content (AvgIpc) is 2.91. The second kappa shape index (κ2) is 6.20. The molecule has 7 heteroatoms. The molecular formula is C15H12ClNO2S3. The average molecular weight is 370 g/mol. The maximum atomic E-state index is 12.9. The van der Waals surface area contributed by atoms with Crippen LogP contribution in [0, 0.1) is 0 Å². The lowest BCUT2D eigenvalue weighted by atomic mass is 10.1. The summed E-state index contributed by atoms with van der Waals surface area (Å²) in [6.07, 6.45) is 0. The Kier molecular flexibility index (Phi) is 4.45. The minimum absolute atomic E-state index is 0.197. The highest BCUT2D eigenvalue weighted by molar-refractivity contribution is 8.24. The largest absolute Gasteiger partial charge is 0.265 e. The van der Waals surface area contributed by atoms with Crippen molar-refractivity contribution in [1.29, 1.82) is 0 Å². The van der Waals surface area contributed by atoms with E-state index >= 15 is 0 Å². The second-order valence-electron chi connectivity index (χ2n) is 4.76. The summed E-state index contributed by atoms with van der Waals surface area (Å²) in [4.78, 5) is 0.197. The van der Waals surface area contributed by atoms with Crippen molar-refractivity contribution in [3.63, 3.8) is 0 Å². The molecular weight excluding hydrogens is 358 g/mol. The van der Waals surface area contributed by atoms with Gasteiger partial charge in [-0.2, -0.15) is 0 Å². The predicted molar refractivity (Wildman–Crippen MR) is 94.7 cm³/mol. The molecule has 0 N–H and O–H groups in total. The molecule has 22 heavy (non-hydrogen) atoms. The van der Waals surface area contributed by atoms with Gasteiger partial charge in [0.05, 0.1) is 10.9 Å². The van der Waals surface area contributed by atoms with Gasteiger partial charge in [-0.3, -0.25) is 0 Å². The number of nitrogens with zero attached hydrogens (tertiary/aromatic N) is 1. The third-order valence-electron chi connectivity index (χ3n) is 3.38. The van der Waals surface area contributed by atoms with Crippen molar-refractivity contribution in [2.75, 3.05) is 5.75 Å². The van der Waals surface area contributed by atoms with Crippen LogP contribution in [-0.2, 0) is 10.0 Å². The Morgan fingerprint density at radius 2 is 1.73 bits per heavy atom. The molecule has 2 aromatic carbocycles. The molecule has 0 amide bonds. The topological polar surface area (TPSA) is 37.4 Å².